The first-order chi connectivity index (χ1) is 14.1. The summed E-state index contributed by atoms with van der Waals surface area (Å²) in [6.07, 6.45) is 6.38. The molecule has 6 heteroatoms. The first-order valence-electron chi connectivity index (χ1n) is 9.58. The lowest BCUT2D eigenvalue weighted by molar-refractivity contribution is 0.229. The van der Waals surface area contributed by atoms with Gasteiger partial charge in [0, 0.05) is 44.7 Å². The lowest BCUT2D eigenvalue weighted by Gasteiger charge is -2.16. The standard InChI is InChI=1S/C23H21IN4O/c1-16-13-22(24-21-6-4-3-5-20(16)21)17-14-25-28(15-17)19-9-7-18(8-10-19)27-12-11-26(2)23(27)29/h3-10,13-15H,11-12H2,1-2H3. The lowest BCUT2D eigenvalue weighted by atomic mass is 10.1. The molecule has 0 atom stereocenters. The molecule has 0 aliphatic carbocycles. The number of nitrogens with zero attached hydrogens (tertiary/aromatic N) is 4. The van der Waals surface area contributed by atoms with Gasteiger partial charge in [-0.25, -0.2) is 9.48 Å². The number of aromatic nitrogens is 2. The molecular formula is C23H21IN4O. The van der Waals surface area contributed by atoms with Crippen molar-refractivity contribution in [3.8, 4) is 5.69 Å². The van der Waals surface area contributed by atoms with E-state index in [2.05, 4.69) is 48.6 Å². The molecule has 2 aromatic carbocycles. The van der Waals surface area contributed by atoms with Gasteiger partial charge in [0.05, 0.1) is 11.9 Å². The molecule has 2 aliphatic heterocycles. The number of halogens is 1. The first-order valence-corrected chi connectivity index (χ1v) is 11.7. The molecule has 0 radical (unpaired) electrons. The Hall–Kier alpha value is -2.74. The van der Waals surface area contributed by atoms with Gasteiger partial charge in [-0.15, -0.1) is 0 Å². The van der Waals surface area contributed by atoms with Gasteiger partial charge in [-0.05, 0) is 54.5 Å². The summed E-state index contributed by atoms with van der Waals surface area (Å²) in [6.45, 7) is 3.68. The van der Waals surface area contributed by atoms with Gasteiger partial charge in [0.25, 0.3) is 0 Å². The van der Waals surface area contributed by atoms with Gasteiger partial charge in [0.2, 0.25) is 0 Å². The fraction of sp³-hybridized carbons (Fsp3) is 0.174. The maximum absolute atomic E-state index is 12.2. The van der Waals surface area contributed by atoms with Crippen LogP contribution in [0.15, 0.2) is 67.0 Å². The molecule has 0 N–H and O–H groups in total. The van der Waals surface area contributed by atoms with E-state index in [0.29, 0.717) is 0 Å². The second-order valence-electron chi connectivity index (χ2n) is 7.30. The Balaban J connectivity index is 1.41. The zero-order valence-electron chi connectivity index (χ0n) is 16.3. The van der Waals surface area contributed by atoms with E-state index in [1.165, 1.54) is 23.8 Å². The topological polar surface area (TPSA) is 41.4 Å². The number of urea groups is 1. The third kappa shape index (κ3) is 3.31. The van der Waals surface area contributed by atoms with Crippen LogP contribution in [0.2, 0.25) is 0 Å². The highest BCUT2D eigenvalue weighted by Gasteiger charge is 2.26. The lowest BCUT2D eigenvalue weighted by Crippen LogP contribution is -2.29. The molecule has 2 aliphatic rings. The Morgan fingerprint density at radius 3 is 2.52 bits per heavy atom. The summed E-state index contributed by atoms with van der Waals surface area (Å²) < 4.78 is 4.78. The number of carbonyl (C=O) groups excluding carboxylic acids is 1. The minimum atomic E-state index is -0.217. The highest BCUT2D eigenvalue weighted by atomic mass is 127. The summed E-state index contributed by atoms with van der Waals surface area (Å²) in [7, 11) is 1.84. The van der Waals surface area contributed by atoms with E-state index in [1.807, 2.05) is 47.1 Å². The number of amides is 2. The van der Waals surface area contributed by atoms with Crippen LogP contribution in [0.4, 0.5) is 10.5 Å². The van der Waals surface area contributed by atoms with Crippen LogP contribution in [0.5, 0.6) is 0 Å². The van der Waals surface area contributed by atoms with E-state index in [4.69, 9.17) is 0 Å². The third-order valence-electron chi connectivity index (χ3n) is 5.35. The van der Waals surface area contributed by atoms with Crippen molar-refractivity contribution >= 4 is 41.5 Å². The van der Waals surface area contributed by atoms with Gasteiger partial charge in [-0.3, -0.25) is 4.90 Å². The minimum absolute atomic E-state index is 0.0548. The van der Waals surface area contributed by atoms with Crippen LogP contribution in [0.3, 0.4) is 0 Å². The van der Waals surface area contributed by atoms with Gasteiger partial charge >= 0.3 is 6.03 Å². The van der Waals surface area contributed by atoms with Crippen LogP contribution < -0.4 is 4.90 Å². The highest BCUT2D eigenvalue weighted by Crippen LogP contribution is 2.32. The number of rotatable bonds is 3. The smallest absolute Gasteiger partial charge is 0.324 e. The third-order valence-corrected chi connectivity index (χ3v) is 8.38. The van der Waals surface area contributed by atoms with Crippen LogP contribution >= 0.6 is 20.7 Å². The van der Waals surface area contributed by atoms with Crippen molar-refractivity contribution in [1.82, 2.24) is 14.7 Å². The van der Waals surface area contributed by atoms with Crippen molar-refractivity contribution in [2.75, 3.05) is 25.0 Å². The molecule has 1 fully saturated rings. The number of hydrogen-bond acceptors (Lipinski definition) is 2. The van der Waals surface area contributed by atoms with Gasteiger partial charge in [-0.2, -0.15) is 5.10 Å². The summed E-state index contributed by atoms with van der Waals surface area (Å²) in [5.41, 5.74) is 5.81. The summed E-state index contributed by atoms with van der Waals surface area (Å²) >= 11 is -0.217. The maximum Gasteiger partial charge on any atom is 0.324 e. The van der Waals surface area contributed by atoms with Gasteiger partial charge in [0.15, 0.2) is 0 Å². The number of allylic oxidation sites excluding steroid dienone is 2. The Morgan fingerprint density at radius 2 is 1.76 bits per heavy atom. The zero-order valence-corrected chi connectivity index (χ0v) is 18.5. The second kappa shape index (κ2) is 7.26. The molecule has 3 aromatic rings. The largest absolute Gasteiger partial charge is 0.326 e. The van der Waals surface area contributed by atoms with Crippen molar-refractivity contribution in [2.45, 2.75) is 6.92 Å². The fourth-order valence-electron chi connectivity index (χ4n) is 3.67. The van der Waals surface area contributed by atoms with Crippen molar-refractivity contribution in [3.63, 3.8) is 0 Å². The Labute approximate surface area is 180 Å². The van der Waals surface area contributed by atoms with Gasteiger partial charge < -0.3 is 4.90 Å². The Bertz CT molecular complexity index is 1160. The van der Waals surface area contributed by atoms with Crippen molar-refractivity contribution in [3.05, 3.63) is 81.7 Å². The molecule has 146 valence electrons. The predicted octanol–water partition coefficient (Wildman–Crippen LogP) is 4.52. The number of benzene rings is 2. The average Bonchev–Trinajstić information content (AvgIpc) is 3.36. The number of hydrogen-bond donors (Lipinski definition) is 0. The number of carbonyl (C=O) groups is 1. The first kappa shape index (κ1) is 18.3. The van der Waals surface area contributed by atoms with Crippen molar-refractivity contribution in [1.29, 1.82) is 0 Å². The van der Waals surface area contributed by atoms with Crippen LogP contribution in [0.25, 0.3) is 11.3 Å². The molecule has 1 saturated heterocycles. The van der Waals surface area contributed by atoms with Gasteiger partial charge in [-0.1, -0.05) is 38.9 Å². The van der Waals surface area contributed by atoms with E-state index in [1.54, 1.807) is 4.90 Å². The summed E-state index contributed by atoms with van der Waals surface area (Å²) in [4.78, 5) is 15.7. The van der Waals surface area contributed by atoms with E-state index in [0.717, 1.165) is 24.5 Å². The zero-order chi connectivity index (χ0) is 20.0. The molecule has 3 heterocycles. The maximum atomic E-state index is 12.2. The van der Waals surface area contributed by atoms with Crippen LogP contribution in [-0.4, -0.2) is 44.4 Å². The molecule has 5 nitrogen and oxygen atoms in total. The fourth-order valence-corrected chi connectivity index (χ4v) is 6.79. The van der Waals surface area contributed by atoms with E-state index < -0.39 is 0 Å². The van der Waals surface area contributed by atoms with E-state index >= 15 is 0 Å². The van der Waals surface area contributed by atoms with Crippen molar-refractivity contribution in [2.24, 2.45) is 0 Å². The molecule has 5 rings (SSSR count). The predicted molar refractivity (Wildman–Crippen MR) is 126 cm³/mol. The molecule has 0 spiro atoms. The molecule has 1 aromatic heterocycles. The van der Waals surface area contributed by atoms with Crippen LogP contribution in [0.1, 0.15) is 18.1 Å². The molecule has 29 heavy (non-hydrogen) atoms. The van der Waals surface area contributed by atoms with Gasteiger partial charge in [0.1, 0.15) is 0 Å². The number of anilines is 1. The summed E-state index contributed by atoms with van der Waals surface area (Å²) in [5.74, 6) is 0. The highest BCUT2D eigenvalue weighted by molar-refractivity contribution is 14.2. The number of likely N-dealkylation sites (N-methyl/N-ethyl adjacent to an activating group) is 1. The van der Waals surface area contributed by atoms with Crippen LogP contribution in [0, 0.1) is 3.57 Å². The molecule has 0 saturated carbocycles. The summed E-state index contributed by atoms with van der Waals surface area (Å²) in [5, 5.41) is 4.59. The molecule has 0 unspecified atom stereocenters. The normalized spacial score (nSPS) is 16.3. The summed E-state index contributed by atoms with van der Waals surface area (Å²) in [6, 6.07) is 16.8. The SMILES string of the molecule is CC1=CC(c2cnn(-c3ccc(N4CCN(C)C4=O)cc3)c2)=Ic2ccccc21. The quantitative estimate of drug-likeness (QED) is 0.501. The Morgan fingerprint density at radius 1 is 1.00 bits per heavy atom. The van der Waals surface area contributed by atoms with E-state index in [-0.39, 0.29) is 26.8 Å². The monoisotopic (exact) mass is 496 g/mol. The van der Waals surface area contributed by atoms with E-state index in [9.17, 15) is 4.79 Å². The second-order valence-corrected chi connectivity index (χ2v) is 10.2. The van der Waals surface area contributed by atoms with Crippen LogP contribution in [-0.2, 0) is 0 Å². The molecule has 2 amide bonds. The Kier molecular flexibility index (Phi) is 4.58. The minimum Gasteiger partial charge on any atom is -0.326 e. The average molecular weight is 496 g/mol. The molecular weight excluding hydrogens is 475 g/mol. The van der Waals surface area contributed by atoms with Crippen molar-refractivity contribution < 1.29 is 4.79 Å². The molecule has 0 bridgehead atoms. The number of fused-ring (bicyclic) bond motifs is 1.